The number of benzene rings is 2. The van der Waals surface area contributed by atoms with Crippen LogP contribution in [-0.2, 0) is 38.1 Å². The number of nitrogen functional groups attached to an aromatic ring is 1. The summed E-state index contributed by atoms with van der Waals surface area (Å²) in [5, 5.41) is 2.65. The van der Waals surface area contributed by atoms with Crippen LogP contribution in [0.15, 0.2) is 36.4 Å². The van der Waals surface area contributed by atoms with E-state index in [-0.39, 0.29) is 60.2 Å². The van der Waals surface area contributed by atoms with E-state index in [1.165, 1.54) is 18.1 Å². The highest BCUT2D eigenvalue weighted by molar-refractivity contribution is 6.33. The van der Waals surface area contributed by atoms with E-state index in [2.05, 4.69) is 10.2 Å². The molecule has 4 aliphatic heterocycles. The van der Waals surface area contributed by atoms with Crippen molar-refractivity contribution in [3.8, 4) is 0 Å². The van der Waals surface area contributed by atoms with E-state index in [0.717, 1.165) is 30.3 Å². The zero-order valence-electron chi connectivity index (χ0n) is 29.0. The first-order chi connectivity index (χ1) is 24.8. The smallest absolute Gasteiger partial charge is 0.418 e. The maximum Gasteiger partial charge on any atom is 0.418 e. The third-order valence-corrected chi connectivity index (χ3v) is 11.1. The number of amides is 4. The fourth-order valence-electron chi connectivity index (χ4n) is 7.95. The number of halogens is 4. The molecule has 0 spiro atoms. The van der Waals surface area contributed by atoms with Gasteiger partial charge in [-0.1, -0.05) is 29.8 Å². The van der Waals surface area contributed by atoms with E-state index in [4.69, 9.17) is 26.8 Å². The van der Waals surface area contributed by atoms with Gasteiger partial charge in [-0.15, -0.1) is 0 Å². The normalized spacial score (nSPS) is 21.3. The Kier molecular flexibility index (Phi) is 11.4. The number of urea groups is 1. The third-order valence-electron chi connectivity index (χ3n) is 10.8. The van der Waals surface area contributed by atoms with Gasteiger partial charge < -0.3 is 35.2 Å². The summed E-state index contributed by atoms with van der Waals surface area (Å²) < 4.78 is 52.3. The average Bonchev–Trinajstić information content (AvgIpc) is 3.56. The number of rotatable bonds is 7. The number of fused-ring (bicyclic) bond motifs is 1. The predicted molar refractivity (Wildman–Crippen MR) is 187 cm³/mol. The lowest BCUT2D eigenvalue weighted by atomic mass is 9.99. The van der Waals surface area contributed by atoms with Crippen molar-refractivity contribution in [1.29, 1.82) is 0 Å². The number of esters is 1. The molecule has 282 valence electrons. The summed E-state index contributed by atoms with van der Waals surface area (Å²) in [4.78, 5) is 60.0. The first kappa shape index (κ1) is 37.5. The van der Waals surface area contributed by atoms with Gasteiger partial charge in [0.1, 0.15) is 6.04 Å². The number of anilines is 2. The van der Waals surface area contributed by atoms with Gasteiger partial charge in [-0.05, 0) is 80.8 Å². The lowest BCUT2D eigenvalue weighted by Gasteiger charge is -2.40. The molecule has 3 fully saturated rings. The van der Waals surface area contributed by atoms with E-state index in [9.17, 15) is 32.3 Å². The summed E-state index contributed by atoms with van der Waals surface area (Å²) in [5.41, 5.74) is 5.75. The Bertz CT molecular complexity index is 1660. The SMILES string of the molecule is COC(=O)C1CCCN1C1CCN(C(=O)C(Cc2cc(Cl)c(N)c(C(F)(F)F)c2)OC(=O)N2CCC(N3CCc4ccccc4NC3=O)CC2)CC1. The number of nitrogens with one attached hydrogen (secondary N) is 1. The van der Waals surface area contributed by atoms with Crippen LogP contribution in [0.4, 0.5) is 34.1 Å². The lowest BCUT2D eigenvalue weighted by molar-refractivity contribution is -0.148. The summed E-state index contributed by atoms with van der Waals surface area (Å²) in [7, 11) is 1.36. The summed E-state index contributed by atoms with van der Waals surface area (Å²) in [6, 6.07) is 9.11. The molecule has 16 heteroatoms. The fourth-order valence-corrected chi connectivity index (χ4v) is 8.19. The minimum Gasteiger partial charge on any atom is -0.468 e. The monoisotopic (exact) mass is 748 g/mol. The number of carbonyl (C=O) groups excluding carboxylic acids is 4. The molecule has 2 aromatic carbocycles. The van der Waals surface area contributed by atoms with Gasteiger partial charge in [-0.3, -0.25) is 14.5 Å². The van der Waals surface area contributed by atoms with E-state index >= 15 is 0 Å². The number of hydrogen-bond acceptors (Lipinski definition) is 8. The molecule has 3 saturated heterocycles. The number of piperidine rings is 2. The Morgan fingerprint density at radius 2 is 1.63 bits per heavy atom. The second-order valence-corrected chi connectivity index (χ2v) is 14.2. The molecule has 4 amide bonds. The molecule has 2 unspecified atom stereocenters. The van der Waals surface area contributed by atoms with Crippen molar-refractivity contribution in [3.63, 3.8) is 0 Å². The molecule has 6 rings (SSSR count). The summed E-state index contributed by atoms with van der Waals surface area (Å²) in [6.07, 6.45) is -3.01. The van der Waals surface area contributed by atoms with Crippen molar-refractivity contribution in [3.05, 3.63) is 58.1 Å². The topological polar surface area (TPSA) is 138 Å². The highest BCUT2D eigenvalue weighted by Crippen LogP contribution is 2.38. The van der Waals surface area contributed by atoms with Gasteiger partial charge in [0.25, 0.3) is 5.91 Å². The van der Waals surface area contributed by atoms with Crippen LogP contribution in [-0.4, -0.2) is 114 Å². The summed E-state index contributed by atoms with van der Waals surface area (Å²) >= 11 is 6.11. The molecule has 0 aliphatic carbocycles. The van der Waals surface area contributed by atoms with Crippen LogP contribution in [0.3, 0.4) is 0 Å². The van der Waals surface area contributed by atoms with E-state index < -0.39 is 35.5 Å². The van der Waals surface area contributed by atoms with Crippen LogP contribution >= 0.6 is 11.6 Å². The van der Waals surface area contributed by atoms with Crippen molar-refractivity contribution >= 4 is 47.0 Å². The number of likely N-dealkylation sites (tertiary alicyclic amines) is 3. The van der Waals surface area contributed by atoms with Gasteiger partial charge in [-0.2, -0.15) is 13.2 Å². The standard InChI is InChI=1S/C36H44ClF3N6O6/c1-51-33(48)29-7-4-13-45(29)24-9-14-43(15-10-24)32(47)30(21-22-19-26(36(38,39)40)31(41)27(37)20-22)52-35(50)44-16-11-25(12-17-44)46-18-8-23-5-2-3-6-28(23)42-34(46)49/h2-3,5-6,19-20,24-25,29-30H,4,7-18,21,41H2,1H3,(H,42,49). The Morgan fingerprint density at radius 3 is 2.33 bits per heavy atom. The molecule has 0 radical (unpaired) electrons. The first-order valence-electron chi connectivity index (χ1n) is 17.7. The molecule has 52 heavy (non-hydrogen) atoms. The fraction of sp³-hybridized carbons (Fsp3) is 0.556. The Morgan fingerprint density at radius 1 is 0.962 bits per heavy atom. The second-order valence-electron chi connectivity index (χ2n) is 13.8. The van der Waals surface area contributed by atoms with Crippen molar-refractivity contribution in [2.24, 2.45) is 0 Å². The van der Waals surface area contributed by atoms with Crippen LogP contribution in [0.5, 0.6) is 0 Å². The summed E-state index contributed by atoms with van der Waals surface area (Å²) in [6.45, 7) is 2.41. The summed E-state index contributed by atoms with van der Waals surface area (Å²) in [5.74, 6) is -0.817. The largest absolute Gasteiger partial charge is 0.468 e. The number of nitrogens with zero attached hydrogens (tertiary/aromatic N) is 4. The Labute approximate surface area is 305 Å². The molecule has 0 bridgehead atoms. The number of methoxy groups -OCH3 is 1. The lowest BCUT2D eigenvalue weighted by Crippen LogP contribution is -2.53. The first-order valence-corrected chi connectivity index (χ1v) is 18.1. The number of hydrogen-bond donors (Lipinski definition) is 2. The molecule has 12 nitrogen and oxygen atoms in total. The predicted octanol–water partition coefficient (Wildman–Crippen LogP) is 5.17. The van der Waals surface area contributed by atoms with Crippen molar-refractivity contribution in [1.82, 2.24) is 19.6 Å². The van der Waals surface area contributed by atoms with Gasteiger partial charge >= 0.3 is 24.3 Å². The van der Waals surface area contributed by atoms with Gasteiger partial charge in [0.05, 0.1) is 23.4 Å². The quantitative estimate of drug-likeness (QED) is 0.293. The Hall–Kier alpha value is -4.24. The molecule has 4 heterocycles. The molecule has 2 aromatic rings. The third kappa shape index (κ3) is 8.20. The zero-order valence-corrected chi connectivity index (χ0v) is 29.8. The van der Waals surface area contributed by atoms with Gasteiger partial charge in [0.15, 0.2) is 6.10 Å². The number of carbonyl (C=O) groups is 4. The van der Waals surface area contributed by atoms with Crippen LogP contribution in [0, 0.1) is 0 Å². The number of ether oxygens (including phenoxy) is 2. The molecule has 3 N–H and O–H groups in total. The van der Waals surface area contributed by atoms with Gasteiger partial charge in [0.2, 0.25) is 0 Å². The van der Waals surface area contributed by atoms with E-state index in [0.29, 0.717) is 58.2 Å². The second kappa shape index (κ2) is 15.8. The molecule has 0 aromatic heterocycles. The van der Waals surface area contributed by atoms with Gasteiger partial charge in [-0.25, -0.2) is 9.59 Å². The molecule has 4 aliphatic rings. The maximum absolute atomic E-state index is 14.0. The van der Waals surface area contributed by atoms with Crippen LogP contribution in [0.1, 0.15) is 55.2 Å². The number of para-hydroxylation sites is 1. The molecule has 0 saturated carbocycles. The van der Waals surface area contributed by atoms with Crippen molar-refractivity contribution in [2.75, 3.05) is 57.4 Å². The van der Waals surface area contributed by atoms with E-state index in [1.807, 2.05) is 24.3 Å². The molecular formula is C36H44ClF3N6O6. The highest BCUT2D eigenvalue weighted by Gasteiger charge is 2.41. The molecule has 2 atom stereocenters. The Balaban J connectivity index is 1.13. The number of alkyl halides is 3. The zero-order chi connectivity index (χ0) is 37.2. The molecular weight excluding hydrogens is 705 g/mol. The van der Waals surface area contributed by atoms with E-state index in [1.54, 1.807) is 9.80 Å². The van der Waals surface area contributed by atoms with Crippen LogP contribution < -0.4 is 11.1 Å². The highest BCUT2D eigenvalue weighted by atomic mass is 35.5. The van der Waals surface area contributed by atoms with Gasteiger partial charge in [0, 0.05) is 56.9 Å². The van der Waals surface area contributed by atoms with Crippen molar-refractivity contribution in [2.45, 2.75) is 81.8 Å². The average molecular weight is 749 g/mol. The van der Waals surface area contributed by atoms with Crippen LogP contribution in [0.2, 0.25) is 5.02 Å². The minimum absolute atomic E-state index is 0.0393. The van der Waals surface area contributed by atoms with Crippen LogP contribution in [0.25, 0.3) is 0 Å². The maximum atomic E-state index is 14.0. The minimum atomic E-state index is -4.79. The number of nitrogens with two attached hydrogens (primary N) is 1. The van der Waals surface area contributed by atoms with Crippen molar-refractivity contribution < 1.29 is 41.8 Å².